The summed E-state index contributed by atoms with van der Waals surface area (Å²) < 4.78 is 8.51. The standard InChI is InChI=1S/C40H23N3O/c1-2-11-26-22-35-32(21-25(26)10-1)38-28-12-4-3-9-24(28)18-20-34(38)43(35)40-41-33-15-7-5-14-31(33)39(42-40)27-17-19-30-29-13-6-8-16-36(29)44-37(30)23-27/h1-23H. The van der Waals surface area contributed by atoms with E-state index in [4.69, 9.17) is 14.4 Å². The van der Waals surface area contributed by atoms with Gasteiger partial charge in [-0.2, -0.15) is 0 Å². The smallest absolute Gasteiger partial charge is 0.235 e. The zero-order valence-corrected chi connectivity index (χ0v) is 23.5. The Balaban J connectivity index is 1.32. The molecule has 0 atom stereocenters. The van der Waals surface area contributed by atoms with E-state index in [1.54, 1.807) is 0 Å². The molecule has 0 fully saturated rings. The lowest BCUT2D eigenvalue weighted by molar-refractivity contribution is 0.669. The number of fused-ring (bicyclic) bond motifs is 10. The van der Waals surface area contributed by atoms with E-state index in [1.807, 2.05) is 30.3 Å². The van der Waals surface area contributed by atoms with Crippen LogP contribution >= 0.6 is 0 Å². The van der Waals surface area contributed by atoms with Crippen molar-refractivity contribution in [1.29, 1.82) is 0 Å². The quantitative estimate of drug-likeness (QED) is 0.211. The zero-order valence-electron chi connectivity index (χ0n) is 23.5. The van der Waals surface area contributed by atoms with E-state index in [0.717, 1.165) is 55.1 Å². The third-order valence-corrected chi connectivity index (χ3v) is 8.97. The first-order valence-electron chi connectivity index (χ1n) is 14.8. The molecule has 44 heavy (non-hydrogen) atoms. The molecule has 0 amide bonds. The van der Waals surface area contributed by atoms with Gasteiger partial charge in [0.05, 0.1) is 22.2 Å². The molecule has 4 nitrogen and oxygen atoms in total. The Bertz CT molecular complexity index is 2790. The SMILES string of the molecule is c1ccc2cc3c(cc2c1)c1c2ccccc2ccc1n3-c1nc(-c2ccc3c(c2)oc2ccccc23)c2ccccc2n1. The van der Waals surface area contributed by atoms with Crippen LogP contribution in [-0.2, 0) is 0 Å². The summed E-state index contributed by atoms with van der Waals surface area (Å²) >= 11 is 0. The lowest BCUT2D eigenvalue weighted by atomic mass is 10.0. The van der Waals surface area contributed by atoms with Crippen molar-refractivity contribution < 1.29 is 4.42 Å². The third-order valence-electron chi connectivity index (χ3n) is 8.97. The number of benzene rings is 7. The van der Waals surface area contributed by atoms with Crippen LogP contribution in [0.5, 0.6) is 0 Å². The van der Waals surface area contributed by atoms with Crippen LogP contribution < -0.4 is 0 Å². The summed E-state index contributed by atoms with van der Waals surface area (Å²) in [7, 11) is 0. The largest absolute Gasteiger partial charge is 0.456 e. The average molecular weight is 562 g/mol. The summed E-state index contributed by atoms with van der Waals surface area (Å²) in [5.41, 5.74) is 6.68. The average Bonchev–Trinajstić information content (AvgIpc) is 3.61. The minimum Gasteiger partial charge on any atom is -0.456 e. The van der Waals surface area contributed by atoms with Crippen LogP contribution in [0.25, 0.3) is 93.4 Å². The monoisotopic (exact) mass is 561 g/mol. The maximum absolute atomic E-state index is 6.28. The van der Waals surface area contributed by atoms with Crippen LogP contribution in [0.2, 0.25) is 0 Å². The van der Waals surface area contributed by atoms with Crippen molar-refractivity contribution >= 4 is 76.2 Å². The van der Waals surface area contributed by atoms with Gasteiger partial charge >= 0.3 is 0 Å². The summed E-state index contributed by atoms with van der Waals surface area (Å²) in [6.45, 7) is 0. The molecule has 0 aliphatic heterocycles. The maximum atomic E-state index is 6.28. The lowest BCUT2D eigenvalue weighted by Crippen LogP contribution is -2.03. The zero-order chi connectivity index (χ0) is 28.8. The van der Waals surface area contributed by atoms with Crippen LogP contribution in [0.1, 0.15) is 0 Å². The van der Waals surface area contributed by atoms with E-state index in [9.17, 15) is 0 Å². The molecule has 0 saturated heterocycles. The van der Waals surface area contributed by atoms with Gasteiger partial charge in [0, 0.05) is 32.5 Å². The number of nitrogens with zero attached hydrogens (tertiary/aromatic N) is 3. The topological polar surface area (TPSA) is 43.9 Å². The summed E-state index contributed by atoms with van der Waals surface area (Å²) in [6.07, 6.45) is 0. The normalized spacial score (nSPS) is 12.1. The minimum atomic E-state index is 0.647. The summed E-state index contributed by atoms with van der Waals surface area (Å²) in [4.78, 5) is 10.5. The van der Waals surface area contributed by atoms with Crippen molar-refractivity contribution in [3.8, 4) is 17.2 Å². The van der Waals surface area contributed by atoms with Crippen molar-refractivity contribution in [1.82, 2.24) is 14.5 Å². The Hall–Kier alpha value is -6.00. The van der Waals surface area contributed by atoms with E-state index in [2.05, 4.69) is 114 Å². The fourth-order valence-electron chi connectivity index (χ4n) is 6.95. The maximum Gasteiger partial charge on any atom is 0.235 e. The molecule has 0 aliphatic rings. The first kappa shape index (κ1) is 23.6. The Morgan fingerprint density at radius 2 is 1.16 bits per heavy atom. The summed E-state index contributed by atoms with van der Waals surface area (Å²) in [5.74, 6) is 0.647. The number of furan rings is 1. The third kappa shape index (κ3) is 3.28. The molecule has 204 valence electrons. The van der Waals surface area contributed by atoms with Gasteiger partial charge in [0.25, 0.3) is 0 Å². The van der Waals surface area contributed by atoms with E-state index in [0.29, 0.717) is 5.95 Å². The highest BCUT2D eigenvalue weighted by Crippen LogP contribution is 2.39. The molecule has 0 spiro atoms. The molecule has 0 aliphatic carbocycles. The minimum absolute atomic E-state index is 0.647. The van der Waals surface area contributed by atoms with Crippen molar-refractivity contribution in [2.45, 2.75) is 0 Å². The molecule has 0 unspecified atom stereocenters. The van der Waals surface area contributed by atoms with Gasteiger partial charge in [-0.25, -0.2) is 9.97 Å². The molecule has 3 aromatic heterocycles. The highest BCUT2D eigenvalue weighted by molar-refractivity contribution is 6.23. The first-order valence-corrected chi connectivity index (χ1v) is 14.8. The molecule has 3 heterocycles. The molecule has 0 bridgehead atoms. The predicted octanol–water partition coefficient (Wildman–Crippen LogP) is 10.6. The van der Waals surface area contributed by atoms with E-state index in [1.165, 1.54) is 32.3 Å². The molecule has 0 radical (unpaired) electrons. The second kappa shape index (κ2) is 8.76. The van der Waals surface area contributed by atoms with Gasteiger partial charge in [0.15, 0.2) is 0 Å². The summed E-state index contributed by atoms with van der Waals surface area (Å²) in [6, 6.07) is 49.0. The number of aromatic nitrogens is 3. The number of hydrogen-bond donors (Lipinski definition) is 0. The van der Waals surface area contributed by atoms with Crippen LogP contribution in [0.15, 0.2) is 144 Å². The van der Waals surface area contributed by atoms with Crippen LogP contribution in [0.3, 0.4) is 0 Å². The molecule has 0 N–H and O–H groups in total. The molecule has 10 aromatic rings. The highest BCUT2D eigenvalue weighted by Gasteiger charge is 2.20. The molecule has 7 aromatic carbocycles. The van der Waals surface area contributed by atoms with Crippen molar-refractivity contribution in [2.75, 3.05) is 0 Å². The predicted molar refractivity (Wildman–Crippen MR) is 182 cm³/mol. The van der Waals surface area contributed by atoms with E-state index in [-0.39, 0.29) is 0 Å². The van der Waals surface area contributed by atoms with E-state index < -0.39 is 0 Å². The van der Waals surface area contributed by atoms with Crippen molar-refractivity contribution in [3.05, 3.63) is 140 Å². The number of rotatable bonds is 2. The van der Waals surface area contributed by atoms with Gasteiger partial charge < -0.3 is 4.42 Å². The fourth-order valence-corrected chi connectivity index (χ4v) is 6.95. The van der Waals surface area contributed by atoms with E-state index >= 15 is 0 Å². The van der Waals surface area contributed by atoms with Crippen LogP contribution in [0, 0.1) is 0 Å². The highest BCUT2D eigenvalue weighted by atomic mass is 16.3. The van der Waals surface area contributed by atoms with Crippen LogP contribution in [-0.4, -0.2) is 14.5 Å². The molecule has 10 rings (SSSR count). The second-order valence-corrected chi connectivity index (χ2v) is 11.4. The van der Waals surface area contributed by atoms with Gasteiger partial charge in [-0.05, 0) is 64.0 Å². The Labute approximate surface area is 251 Å². The van der Waals surface area contributed by atoms with Gasteiger partial charge in [-0.3, -0.25) is 4.57 Å². The first-order chi connectivity index (χ1) is 21.8. The van der Waals surface area contributed by atoms with Crippen LogP contribution in [0.4, 0.5) is 0 Å². The van der Waals surface area contributed by atoms with Gasteiger partial charge in [0.2, 0.25) is 5.95 Å². The van der Waals surface area contributed by atoms with Crippen molar-refractivity contribution in [2.24, 2.45) is 0 Å². The molecular weight excluding hydrogens is 538 g/mol. The fraction of sp³-hybridized carbons (Fsp3) is 0. The molecule has 4 heteroatoms. The second-order valence-electron chi connectivity index (χ2n) is 11.4. The number of hydrogen-bond acceptors (Lipinski definition) is 3. The number of para-hydroxylation sites is 2. The Morgan fingerprint density at radius 3 is 2.05 bits per heavy atom. The lowest BCUT2D eigenvalue weighted by Gasteiger charge is -2.12. The summed E-state index contributed by atoms with van der Waals surface area (Å²) in [5, 5.41) is 10.5. The Kier molecular flexibility index (Phi) is 4.69. The molecule has 0 saturated carbocycles. The van der Waals surface area contributed by atoms with Crippen molar-refractivity contribution in [3.63, 3.8) is 0 Å². The van der Waals surface area contributed by atoms with Gasteiger partial charge in [0.1, 0.15) is 11.2 Å². The van der Waals surface area contributed by atoms with Gasteiger partial charge in [-0.15, -0.1) is 0 Å². The molecular formula is C40H23N3O. The van der Waals surface area contributed by atoms with Gasteiger partial charge in [-0.1, -0.05) is 97.1 Å². The Morgan fingerprint density at radius 1 is 0.455 bits per heavy atom.